The number of aromatic nitrogens is 2. The van der Waals surface area contributed by atoms with Crippen molar-refractivity contribution in [2.75, 3.05) is 12.4 Å². The number of nitrogens with one attached hydrogen (secondary N) is 3. The van der Waals surface area contributed by atoms with Gasteiger partial charge in [0.15, 0.2) is 0 Å². The van der Waals surface area contributed by atoms with Gasteiger partial charge in [-0.15, -0.1) is 0 Å². The molecule has 0 saturated heterocycles. The van der Waals surface area contributed by atoms with Gasteiger partial charge in [0.2, 0.25) is 0 Å². The summed E-state index contributed by atoms with van der Waals surface area (Å²) in [4.78, 5) is 27.9. The van der Waals surface area contributed by atoms with Crippen LogP contribution in [0.1, 0.15) is 16.2 Å². The number of carbonyl (C=O) groups is 1. The molecule has 0 fully saturated rings. The lowest BCUT2D eigenvalue weighted by Crippen LogP contribution is -2.14. The topological polar surface area (TPSA) is 87.0 Å². The number of rotatable bonds is 3. The smallest absolute Gasteiger partial charge is 0.323 e. The fourth-order valence-electron chi connectivity index (χ4n) is 1.57. The summed E-state index contributed by atoms with van der Waals surface area (Å²) in [6, 6.07) is 6.91. The SMILES string of the molecule is COc1ccc(NC(=O)c2[nH]c(=O)[nH]c2C)cc1. The predicted molar refractivity (Wildman–Crippen MR) is 67.1 cm³/mol. The highest BCUT2D eigenvalue weighted by atomic mass is 16.5. The molecule has 3 N–H and O–H groups in total. The number of carbonyl (C=O) groups excluding carboxylic acids is 1. The number of ether oxygens (including phenoxy) is 1. The second kappa shape index (κ2) is 4.79. The van der Waals surface area contributed by atoms with E-state index in [-0.39, 0.29) is 11.6 Å². The van der Waals surface area contributed by atoms with E-state index in [1.54, 1.807) is 38.3 Å². The van der Waals surface area contributed by atoms with Gasteiger partial charge in [0.1, 0.15) is 11.4 Å². The van der Waals surface area contributed by atoms with Crippen LogP contribution in [0, 0.1) is 6.92 Å². The number of aryl methyl sites for hydroxylation is 1. The number of hydrogen-bond acceptors (Lipinski definition) is 3. The molecule has 0 aliphatic heterocycles. The van der Waals surface area contributed by atoms with Crippen LogP contribution in [0.2, 0.25) is 0 Å². The first kappa shape index (κ1) is 12.0. The van der Waals surface area contributed by atoms with Gasteiger partial charge in [0, 0.05) is 11.4 Å². The zero-order valence-corrected chi connectivity index (χ0v) is 10.0. The number of aromatic amines is 2. The first-order chi connectivity index (χ1) is 8.60. The Bertz CT molecular complexity index is 610. The minimum absolute atomic E-state index is 0.232. The average molecular weight is 247 g/mol. The van der Waals surface area contributed by atoms with Crippen molar-refractivity contribution in [1.82, 2.24) is 9.97 Å². The van der Waals surface area contributed by atoms with E-state index < -0.39 is 5.69 Å². The molecule has 0 bridgehead atoms. The Morgan fingerprint density at radius 1 is 1.22 bits per heavy atom. The predicted octanol–water partition coefficient (Wildman–Crippen LogP) is 1.27. The van der Waals surface area contributed by atoms with Crippen LogP contribution in [0.5, 0.6) is 5.75 Å². The molecular formula is C12H13N3O3. The van der Waals surface area contributed by atoms with E-state index in [4.69, 9.17) is 4.74 Å². The highest BCUT2D eigenvalue weighted by molar-refractivity contribution is 6.03. The maximum Gasteiger partial charge on any atom is 0.323 e. The van der Waals surface area contributed by atoms with Crippen LogP contribution in [0.25, 0.3) is 0 Å². The van der Waals surface area contributed by atoms with Crippen molar-refractivity contribution in [3.8, 4) is 5.75 Å². The molecule has 2 aromatic rings. The molecular weight excluding hydrogens is 234 g/mol. The van der Waals surface area contributed by atoms with Gasteiger partial charge in [-0.1, -0.05) is 0 Å². The second-order valence-electron chi connectivity index (χ2n) is 3.76. The van der Waals surface area contributed by atoms with E-state index in [0.717, 1.165) is 0 Å². The summed E-state index contributed by atoms with van der Waals surface area (Å²) in [5.41, 5.74) is 0.969. The Labute approximate surface area is 103 Å². The highest BCUT2D eigenvalue weighted by Gasteiger charge is 2.12. The summed E-state index contributed by atoms with van der Waals surface area (Å²) in [5.74, 6) is 0.343. The normalized spacial score (nSPS) is 10.1. The monoisotopic (exact) mass is 247 g/mol. The number of benzene rings is 1. The molecule has 0 spiro atoms. The standard InChI is InChI=1S/C12H13N3O3/c1-7-10(15-12(17)13-7)11(16)14-8-3-5-9(18-2)6-4-8/h3-6H,1-2H3,(H,14,16)(H2,13,15,17). The average Bonchev–Trinajstić information content (AvgIpc) is 2.69. The molecule has 2 rings (SSSR count). The molecule has 0 saturated carbocycles. The largest absolute Gasteiger partial charge is 0.497 e. The Kier molecular flexibility index (Phi) is 3.18. The Balaban J connectivity index is 2.16. The van der Waals surface area contributed by atoms with Crippen LogP contribution in [0.15, 0.2) is 29.1 Å². The van der Waals surface area contributed by atoms with Gasteiger partial charge in [-0.05, 0) is 31.2 Å². The molecule has 94 valence electrons. The molecule has 6 nitrogen and oxygen atoms in total. The van der Waals surface area contributed by atoms with Crippen molar-refractivity contribution in [2.45, 2.75) is 6.92 Å². The number of hydrogen-bond donors (Lipinski definition) is 3. The van der Waals surface area contributed by atoms with Crippen LogP contribution in [-0.2, 0) is 0 Å². The highest BCUT2D eigenvalue weighted by Crippen LogP contribution is 2.15. The Hall–Kier alpha value is -2.50. The minimum Gasteiger partial charge on any atom is -0.497 e. The molecule has 0 radical (unpaired) electrons. The third kappa shape index (κ3) is 2.42. The van der Waals surface area contributed by atoms with E-state index >= 15 is 0 Å². The van der Waals surface area contributed by atoms with Crippen LogP contribution < -0.4 is 15.7 Å². The molecule has 1 aromatic heterocycles. The number of imidazole rings is 1. The summed E-state index contributed by atoms with van der Waals surface area (Å²) >= 11 is 0. The second-order valence-corrected chi connectivity index (χ2v) is 3.76. The van der Waals surface area contributed by atoms with Gasteiger partial charge in [-0.3, -0.25) is 4.79 Å². The maximum atomic E-state index is 11.9. The lowest BCUT2D eigenvalue weighted by molar-refractivity contribution is 0.102. The lowest BCUT2D eigenvalue weighted by Gasteiger charge is -2.05. The summed E-state index contributed by atoms with van der Waals surface area (Å²) in [5, 5.41) is 2.68. The minimum atomic E-state index is -0.396. The van der Waals surface area contributed by atoms with E-state index in [1.165, 1.54) is 0 Å². The van der Waals surface area contributed by atoms with Crippen molar-refractivity contribution in [2.24, 2.45) is 0 Å². The number of anilines is 1. The third-order valence-electron chi connectivity index (χ3n) is 2.49. The van der Waals surface area contributed by atoms with Crippen molar-refractivity contribution < 1.29 is 9.53 Å². The summed E-state index contributed by atoms with van der Waals surface area (Å²) in [6.07, 6.45) is 0. The van der Waals surface area contributed by atoms with Crippen LogP contribution in [-0.4, -0.2) is 23.0 Å². The van der Waals surface area contributed by atoms with Crippen LogP contribution >= 0.6 is 0 Å². The van der Waals surface area contributed by atoms with Crippen LogP contribution in [0.4, 0.5) is 5.69 Å². The zero-order valence-electron chi connectivity index (χ0n) is 10.0. The fourth-order valence-corrected chi connectivity index (χ4v) is 1.57. The van der Waals surface area contributed by atoms with Crippen molar-refractivity contribution in [1.29, 1.82) is 0 Å². The first-order valence-electron chi connectivity index (χ1n) is 5.34. The van der Waals surface area contributed by atoms with Crippen LogP contribution in [0.3, 0.4) is 0 Å². The molecule has 1 amide bonds. The molecule has 0 unspecified atom stereocenters. The van der Waals surface area contributed by atoms with Gasteiger partial charge in [-0.25, -0.2) is 4.79 Å². The van der Waals surface area contributed by atoms with E-state index in [0.29, 0.717) is 17.1 Å². The first-order valence-corrected chi connectivity index (χ1v) is 5.34. The Morgan fingerprint density at radius 2 is 1.89 bits per heavy atom. The molecule has 1 aromatic carbocycles. The van der Waals surface area contributed by atoms with Crippen molar-refractivity contribution in [3.05, 3.63) is 46.1 Å². The number of H-pyrrole nitrogens is 2. The van der Waals surface area contributed by atoms with E-state index in [9.17, 15) is 9.59 Å². The molecule has 1 heterocycles. The van der Waals surface area contributed by atoms with Gasteiger partial charge < -0.3 is 20.0 Å². The fraction of sp³-hybridized carbons (Fsp3) is 0.167. The quantitative estimate of drug-likeness (QED) is 0.763. The van der Waals surface area contributed by atoms with Gasteiger partial charge in [0.25, 0.3) is 5.91 Å². The third-order valence-corrected chi connectivity index (χ3v) is 2.49. The summed E-state index contributed by atoms with van der Waals surface area (Å²) in [7, 11) is 1.57. The van der Waals surface area contributed by atoms with Gasteiger partial charge in [0.05, 0.1) is 7.11 Å². The molecule has 0 aliphatic carbocycles. The number of methoxy groups -OCH3 is 1. The van der Waals surface area contributed by atoms with Gasteiger partial charge >= 0.3 is 5.69 Å². The zero-order chi connectivity index (χ0) is 13.1. The van der Waals surface area contributed by atoms with Crippen molar-refractivity contribution in [3.63, 3.8) is 0 Å². The van der Waals surface area contributed by atoms with Gasteiger partial charge in [-0.2, -0.15) is 0 Å². The Morgan fingerprint density at radius 3 is 2.39 bits per heavy atom. The van der Waals surface area contributed by atoms with E-state index in [1.807, 2.05) is 0 Å². The maximum absolute atomic E-state index is 11.9. The summed E-state index contributed by atoms with van der Waals surface area (Å²) in [6.45, 7) is 1.65. The van der Waals surface area contributed by atoms with Crippen molar-refractivity contribution >= 4 is 11.6 Å². The molecule has 6 heteroatoms. The van der Waals surface area contributed by atoms with E-state index in [2.05, 4.69) is 15.3 Å². The lowest BCUT2D eigenvalue weighted by atomic mass is 10.2. The molecule has 0 aliphatic rings. The summed E-state index contributed by atoms with van der Waals surface area (Å²) < 4.78 is 5.02. The molecule has 0 atom stereocenters. The number of amides is 1. The molecule has 18 heavy (non-hydrogen) atoms.